The number of rotatable bonds is 9. The van der Waals surface area contributed by atoms with Gasteiger partial charge in [-0.15, -0.1) is 0 Å². The highest BCUT2D eigenvalue weighted by Gasteiger charge is 2.37. The number of benzene rings is 2. The quantitative estimate of drug-likeness (QED) is 0.605. The van der Waals surface area contributed by atoms with Gasteiger partial charge in [-0.1, -0.05) is 61.5 Å². The Labute approximate surface area is 192 Å². The molecule has 3 rings (SSSR count). The van der Waals surface area contributed by atoms with Crippen LogP contribution in [0.4, 0.5) is 4.79 Å². The van der Waals surface area contributed by atoms with Crippen LogP contribution >= 0.6 is 0 Å². The maximum Gasteiger partial charge on any atom is 0.411 e. The van der Waals surface area contributed by atoms with E-state index in [-0.39, 0.29) is 38.2 Å². The Balaban J connectivity index is 1.75. The Kier molecular flexibility index (Phi) is 8.18. The van der Waals surface area contributed by atoms with Crippen molar-refractivity contribution >= 4 is 23.8 Å². The van der Waals surface area contributed by atoms with Gasteiger partial charge in [-0.2, -0.15) is 0 Å². The van der Waals surface area contributed by atoms with Crippen LogP contribution in [0.5, 0.6) is 0 Å². The van der Waals surface area contributed by atoms with E-state index in [9.17, 15) is 24.3 Å². The van der Waals surface area contributed by atoms with Crippen molar-refractivity contribution in [2.75, 3.05) is 0 Å². The van der Waals surface area contributed by atoms with E-state index in [1.165, 1.54) is 4.90 Å². The lowest BCUT2D eigenvalue weighted by atomic mass is 9.93. The van der Waals surface area contributed by atoms with Crippen LogP contribution < -0.4 is 5.32 Å². The molecule has 2 aromatic carbocycles. The zero-order chi connectivity index (χ0) is 23.8. The Morgan fingerprint density at radius 2 is 1.73 bits per heavy atom. The van der Waals surface area contributed by atoms with Gasteiger partial charge in [0, 0.05) is 19.3 Å². The second-order valence-electron chi connectivity index (χ2n) is 7.99. The third-order valence-corrected chi connectivity index (χ3v) is 5.71. The fraction of sp³-hybridized carbons (Fsp3) is 0.360. The fourth-order valence-corrected chi connectivity index (χ4v) is 3.76. The molecule has 0 spiro atoms. The van der Waals surface area contributed by atoms with E-state index in [1.807, 2.05) is 54.6 Å². The minimum absolute atomic E-state index is 0.00446. The second-order valence-corrected chi connectivity index (χ2v) is 7.99. The average molecular weight is 453 g/mol. The molecule has 0 radical (unpaired) electrons. The predicted octanol–water partition coefficient (Wildman–Crippen LogP) is 3.08. The summed E-state index contributed by atoms with van der Waals surface area (Å²) in [5.74, 6) is -1.88. The lowest BCUT2D eigenvalue weighted by Gasteiger charge is -2.35. The highest BCUT2D eigenvalue weighted by molar-refractivity contribution is 5.90. The number of ketones is 1. The highest BCUT2D eigenvalue weighted by Crippen LogP contribution is 2.25. The summed E-state index contributed by atoms with van der Waals surface area (Å²) >= 11 is 0. The van der Waals surface area contributed by atoms with Crippen LogP contribution in [0.1, 0.15) is 42.9 Å². The van der Waals surface area contributed by atoms with Crippen molar-refractivity contribution in [3.8, 4) is 0 Å². The van der Waals surface area contributed by atoms with Gasteiger partial charge in [0.1, 0.15) is 24.5 Å². The number of nitrogens with zero attached hydrogens (tertiary/aromatic N) is 1. The van der Waals surface area contributed by atoms with Crippen LogP contribution in [0.2, 0.25) is 0 Å². The number of carbonyl (C=O) groups is 4. The molecule has 2 aromatic rings. The van der Waals surface area contributed by atoms with E-state index in [0.717, 1.165) is 16.7 Å². The monoisotopic (exact) mass is 452 g/mol. The summed E-state index contributed by atoms with van der Waals surface area (Å²) in [4.78, 5) is 50.7. The van der Waals surface area contributed by atoms with Crippen molar-refractivity contribution in [2.24, 2.45) is 0 Å². The van der Waals surface area contributed by atoms with Crippen LogP contribution in [0, 0.1) is 0 Å². The minimum atomic E-state index is -1.22. The molecule has 0 bridgehead atoms. The maximum absolute atomic E-state index is 13.1. The minimum Gasteiger partial charge on any atom is -0.480 e. The molecule has 1 aliphatic heterocycles. The molecule has 8 nitrogen and oxygen atoms in total. The number of fused-ring (bicyclic) bond motifs is 1. The Morgan fingerprint density at radius 1 is 1.06 bits per heavy atom. The zero-order valence-electron chi connectivity index (χ0n) is 18.5. The maximum atomic E-state index is 13.1. The number of Topliss-reactive ketones (excluding diaryl/α,β-unsaturated/α-hetero) is 1. The lowest BCUT2D eigenvalue weighted by Crippen LogP contribution is -2.55. The van der Waals surface area contributed by atoms with Crippen LogP contribution in [-0.2, 0) is 38.7 Å². The van der Waals surface area contributed by atoms with Crippen molar-refractivity contribution in [2.45, 2.75) is 57.8 Å². The predicted molar refractivity (Wildman–Crippen MR) is 120 cm³/mol. The lowest BCUT2D eigenvalue weighted by molar-refractivity contribution is -0.143. The number of ether oxygens (including phenoxy) is 1. The van der Waals surface area contributed by atoms with Gasteiger partial charge >= 0.3 is 12.1 Å². The van der Waals surface area contributed by atoms with Crippen molar-refractivity contribution in [1.29, 1.82) is 0 Å². The summed E-state index contributed by atoms with van der Waals surface area (Å²) in [6, 6.07) is 14.5. The summed E-state index contributed by atoms with van der Waals surface area (Å²) in [6.45, 7) is 1.94. The van der Waals surface area contributed by atoms with Gasteiger partial charge in [0.05, 0.1) is 6.54 Å². The zero-order valence-corrected chi connectivity index (χ0v) is 18.5. The number of hydrogen-bond donors (Lipinski definition) is 2. The van der Waals surface area contributed by atoms with Crippen LogP contribution in [0.25, 0.3) is 0 Å². The standard InChI is InChI=1S/C25H28N2O6/c1-2-20(28)12-13-21(24(30)31)26-23(29)22-14-18-10-6-7-11-19(18)15-27(22)25(32)33-16-17-8-4-3-5-9-17/h3-11,21-22H,2,12-16H2,1H3,(H,26,29)(H,30,31)/t21-,22-/m0/s1. The average Bonchev–Trinajstić information content (AvgIpc) is 2.84. The smallest absolute Gasteiger partial charge is 0.411 e. The molecular weight excluding hydrogens is 424 g/mol. The van der Waals surface area contributed by atoms with Gasteiger partial charge in [-0.25, -0.2) is 9.59 Å². The second kappa shape index (κ2) is 11.3. The Hall–Kier alpha value is -3.68. The van der Waals surface area contributed by atoms with Gasteiger partial charge in [0.2, 0.25) is 5.91 Å². The van der Waals surface area contributed by atoms with Crippen LogP contribution in [0.15, 0.2) is 54.6 Å². The molecule has 8 heteroatoms. The summed E-state index contributed by atoms with van der Waals surface area (Å²) in [5, 5.41) is 12.0. The SMILES string of the molecule is CCC(=O)CC[C@H](NC(=O)[C@@H]1Cc2ccccc2CN1C(=O)OCc1ccccc1)C(=O)O. The van der Waals surface area contributed by atoms with Crippen molar-refractivity contribution < 1.29 is 29.0 Å². The van der Waals surface area contributed by atoms with Gasteiger partial charge in [-0.3, -0.25) is 14.5 Å². The van der Waals surface area contributed by atoms with Crippen molar-refractivity contribution in [3.63, 3.8) is 0 Å². The topological polar surface area (TPSA) is 113 Å². The number of hydrogen-bond acceptors (Lipinski definition) is 5. The first-order chi connectivity index (χ1) is 15.9. The molecular formula is C25H28N2O6. The molecule has 2 atom stereocenters. The van der Waals surface area contributed by atoms with E-state index in [1.54, 1.807) is 6.92 Å². The summed E-state index contributed by atoms with van der Waals surface area (Å²) in [6.07, 6.45) is -0.0512. The van der Waals surface area contributed by atoms with Crippen LogP contribution in [-0.4, -0.2) is 45.8 Å². The van der Waals surface area contributed by atoms with Crippen molar-refractivity contribution in [1.82, 2.24) is 10.2 Å². The number of aliphatic carboxylic acids is 1. The molecule has 0 saturated heterocycles. The molecule has 0 saturated carbocycles. The molecule has 0 fully saturated rings. The molecule has 2 amide bonds. The van der Waals surface area contributed by atoms with Crippen molar-refractivity contribution in [3.05, 3.63) is 71.3 Å². The third-order valence-electron chi connectivity index (χ3n) is 5.71. The first-order valence-electron chi connectivity index (χ1n) is 11.0. The summed E-state index contributed by atoms with van der Waals surface area (Å²) < 4.78 is 5.45. The fourth-order valence-electron chi connectivity index (χ4n) is 3.76. The molecule has 33 heavy (non-hydrogen) atoms. The van der Waals surface area contributed by atoms with E-state index >= 15 is 0 Å². The number of carboxylic acids is 1. The van der Waals surface area contributed by atoms with Gasteiger partial charge < -0.3 is 15.2 Å². The molecule has 0 aliphatic carbocycles. The van der Waals surface area contributed by atoms with Gasteiger partial charge in [-0.05, 0) is 23.1 Å². The number of carbonyl (C=O) groups excluding carboxylic acids is 3. The van der Waals surface area contributed by atoms with E-state index < -0.39 is 30.1 Å². The molecule has 2 N–H and O–H groups in total. The molecule has 0 aromatic heterocycles. The van der Waals surface area contributed by atoms with E-state index in [4.69, 9.17) is 4.74 Å². The first kappa shape index (κ1) is 24.0. The normalized spacial score (nSPS) is 15.8. The van der Waals surface area contributed by atoms with E-state index in [0.29, 0.717) is 6.42 Å². The molecule has 1 heterocycles. The summed E-state index contributed by atoms with van der Waals surface area (Å²) in [7, 11) is 0. The molecule has 174 valence electrons. The number of amides is 2. The largest absolute Gasteiger partial charge is 0.480 e. The van der Waals surface area contributed by atoms with E-state index in [2.05, 4.69) is 5.32 Å². The highest BCUT2D eigenvalue weighted by atomic mass is 16.6. The van der Waals surface area contributed by atoms with Crippen LogP contribution in [0.3, 0.4) is 0 Å². The first-order valence-corrected chi connectivity index (χ1v) is 11.0. The summed E-state index contributed by atoms with van der Waals surface area (Å²) in [5.41, 5.74) is 2.63. The number of carboxylic acid groups (broad SMARTS) is 1. The number of nitrogens with one attached hydrogen (secondary N) is 1. The Bertz CT molecular complexity index is 1010. The molecule has 0 unspecified atom stereocenters. The third kappa shape index (κ3) is 6.41. The Morgan fingerprint density at radius 3 is 2.39 bits per heavy atom. The van der Waals surface area contributed by atoms with Gasteiger partial charge in [0.25, 0.3) is 0 Å². The molecule has 1 aliphatic rings. The van der Waals surface area contributed by atoms with Gasteiger partial charge in [0.15, 0.2) is 0 Å².